The number of hydrogen-bond acceptors (Lipinski definition) is 7. The molecule has 2 aromatic carbocycles. The summed E-state index contributed by atoms with van der Waals surface area (Å²) in [6.45, 7) is 1.72. The molecule has 0 aromatic heterocycles. The summed E-state index contributed by atoms with van der Waals surface area (Å²) < 4.78 is 63.3. The Bertz CT molecular complexity index is 1210. The molecule has 0 aliphatic carbocycles. The van der Waals surface area contributed by atoms with Crippen molar-refractivity contribution in [3.8, 4) is 11.5 Å². The molecule has 9 nitrogen and oxygen atoms in total. The van der Waals surface area contributed by atoms with Crippen LogP contribution < -0.4 is 18.5 Å². The highest BCUT2D eigenvalue weighted by molar-refractivity contribution is 7.94. The Balaban J connectivity index is 1.55. The maximum absolute atomic E-state index is 12.7. The number of carbonyl (C=O) groups is 1. The van der Waals surface area contributed by atoms with Crippen LogP contribution >= 0.6 is 0 Å². The largest absolute Gasteiger partial charge is 0.454 e. The first kappa shape index (κ1) is 19.7. The Labute approximate surface area is 168 Å². The summed E-state index contributed by atoms with van der Waals surface area (Å²) >= 11 is 0. The number of fused-ring (bicyclic) bond motifs is 1. The standard InChI is InChI=1S/C18H18N2O7S2/c1-12-8-14(20-18(21)6-7-28(20,22)23)3-5-17(12)29(24,25)19-10-13-2-4-15-16(9-13)27-11-26-15/h2-5,8-9,19H,6-7,10-11H2,1H3. The Hall–Kier alpha value is -2.63. The van der Waals surface area contributed by atoms with Gasteiger partial charge in [0.2, 0.25) is 32.7 Å². The Morgan fingerprint density at radius 2 is 1.86 bits per heavy atom. The molecule has 0 unspecified atom stereocenters. The number of aryl methyl sites for hydroxylation is 1. The van der Waals surface area contributed by atoms with Crippen molar-refractivity contribution < 1.29 is 31.1 Å². The van der Waals surface area contributed by atoms with Crippen LogP contribution in [0.25, 0.3) is 0 Å². The van der Waals surface area contributed by atoms with Crippen LogP contribution in [-0.2, 0) is 31.4 Å². The highest BCUT2D eigenvalue weighted by Crippen LogP contribution is 2.33. The Morgan fingerprint density at radius 1 is 1.10 bits per heavy atom. The molecule has 2 heterocycles. The van der Waals surface area contributed by atoms with Crippen molar-refractivity contribution in [3.05, 3.63) is 47.5 Å². The first-order chi connectivity index (χ1) is 13.7. The van der Waals surface area contributed by atoms with Gasteiger partial charge in [-0.1, -0.05) is 6.07 Å². The molecule has 11 heteroatoms. The summed E-state index contributed by atoms with van der Waals surface area (Å²) in [5, 5.41) is 0. The second-order valence-corrected chi connectivity index (χ2v) is 10.4. The molecular weight excluding hydrogens is 420 g/mol. The highest BCUT2D eigenvalue weighted by atomic mass is 32.2. The van der Waals surface area contributed by atoms with E-state index >= 15 is 0 Å². The third-order valence-electron chi connectivity index (χ3n) is 4.66. The van der Waals surface area contributed by atoms with E-state index in [2.05, 4.69) is 4.72 Å². The SMILES string of the molecule is Cc1cc(N2C(=O)CCS2(=O)=O)ccc1S(=O)(=O)NCc1ccc2c(c1)OCO2. The fourth-order valence-corrected chi connectivity index (χ4v) is 5.93. The fraction of sp³-hybridized carbons (Fsp3) is 0.278. The zero-order valence-corrected chi connectivity index (χ0v) is 17.0. The van der Waals surface area contributed by atoms with Crippen molar-refractivity contribution in [2.24, 2.45) is 0 Å². The van der Waals surface area contributed by atoms with Gasteiger partial charge in [-0.3, -0.25) is 4.79 Å². The highest BCUT2D eigenvalue weighted by Gasteiger charge is 2.36. The van der Waals surface area contributed by atoms with E-state index in [1.165, 1.54) is 18.2 Å². The third-order valence-corrected chi connectivity index (χ3v) is 7.92. The number of anilines is 1. The number of carbonyl (C=O) groups excluding carboxylic acids is 1. The van der Waals surface area contributed by atoms with Crippen LogP contribution in [0, 0.1) is 6.92 Å². The second kappa shape index (κ2) is 7.01. The molecule has 0 spiro atoms. The van der Waals surface area contributed by atoms with Crippen LogP contribution in [0.1, 0.15) is 17.5 Å². The lowest BCUT2D eigenvalue weighted by atomic mass is 10.2. The van der Waals surface area contributed by atoms with Gasteiger partial charge < -0.3 is 9.47 Å². The van der Waals surface area contributed by atoms with E-state index in [-0.39, 0.29) is 36.1 Å². The zero-order valence-electron chi connectivity index (χ0n) is 15.4. The van der Waals surface area contributed by atoms with E-state index in [4.69, 9.17) is 9.47 Å². The molecule has 1 amide bonds. The van der Waals surface area contributed by atoms with Gasteiger partial charge in [0.25, 0.3) is 0 Å². The van der Waals surface area contributed by atoms with Gasteiger partial charge in [0.05, 0.1) is 16.3 Å². The van der Waals surface area contributed by atoms with E-state index < -0.39 is 26.0 Å². The minimum absolute atomic E-state index is 0.00559. The summed E-state index contributed by atoms with van der Waals surface area (Å²) in [5.41, 5.74) is 1.16. The van der Waals surface area contributed by atoms with Gasteiger partial charge in [0.15, 0.2) is 11.5 Å². The monoisotopic (exact) mass is 438 g/mol. The predicted octanol–water partition coefficient (Wildman–Crippen LogP) is 1.27. The van der Waals surface area contributed by atoms with Crippen molar-refractivity contribution in [3.63, 3.8) is 0 Å². The number of hydrogen-bond donors (Lipinski definition) is 1. The van der Waals surface area contributed by atoms with Crippen LogP contribution in [0.5, 0.6) is 11.5 Å². The van der Waals surface area contributed by atoms with Crippen LogP contribution in [0.2, 0.25) is 0 Å². The molecule has 0 radical (unpaired) electrons. The van der Waals surface area contributed by atoms with Crippen LogP contribution in [-0.4, -0.2) is 35.3 Å². The molecule has 1 saturated heterocycles. The number of rotatable bonds is 5. The number of amides is 1. The van der Waals surface area contributed by atoms with E-state index in [0.29, 0.717) is 22.6 Å². The topological polar surface area (TPSA) is 119 Å². The molecule has 29 heavy (non-hydrogen) atoms. The van der Waals surface area contributed by atoms with Gasteiger partial charge in [-0.15, -0.1) is 0 Å². The Morgan fingerprint density at radius 3 is 2.55 bits per heavy atom. The minimum atomic E-state index is -3.86. The minimum Gasteiger partial charge on any atom is -0.454 e. The van der Waals surface area contributed by atoms with E-state index in [9.17, 15) is 21.6 Å². The average Bonchev–Trinajstić information content (AvgIpc) is 3.23. The molecular formula is C18H18N2O7S2. The molecule has 0 bridgehead atoms. The Kier molecular flexibility index (Phi) is 4.75. The summed E-state index contributed by atoms with van der Waals surface area (Å²) in [6, 6.07) is 9.15. The lowest BCUT2D eigenvalue weighted by molar-refractivity contribution is -0.116. The normalized spacial score (nSPS) is 17.7. The molecule has 2 aromatic rings. The molecule has 154 valence electrons. The number of ether oxygens (including phenoxy) is 2. The van der Waals surface area contributed by atoms with E-state index in [0.717, 1.165) is 4.31 Å². The molecule has 4 rings (SSSR count). The predicted molar refractivity (Wildman–Crippen MR) is 104 cm³/mol. The molecule has 0 atom stereocenters. The van der Waals surface area contributed by atoms with Crippen molar-refractivity contribution in [2.45, 2.75) is 24.8 Å². The molecule has 1 fully saturated rings. The molecule has 0 saturated carbocycles. The number of nitrogens with zero attached hydrogens (tertiary/aromatic N) is 1. The second-order valence-electron chi connectivity index (χ2n) is 6.69. The van der Waals surface area contributed by atoms with Crippen LogP contribution in [0.15, 0.2) is 41.3 Å². The van der Waals surface area contributed by atoms with Gasteiger partial charge in [0, 0.05) is 13.0 Å². The summed E-state index contributed by atoms with van der Waals surface area (Å²) in [6.07, 6.45) is -0.0848. The van der Waals surface area contributed by atoms with Crippen molar-refractivity contribution in [1.29, 1.82) is 0 Å². The lowest BCUT2D eigenvalue weighted by Gasteiger charge is -2.17. The maximum atomic E-state index is 12.7. The summed E-state index contributed by atoms with van der Waals surface area (Å²) in [4.78, 5) is 11.9. The maximum Gasteiger partial charge on any atom is 0.242 e. The quantitative estimate of drug-likeness (QED) is 0.747. The van der Waals surface area contributed by atoms with E-state index in [1.54, 1.807) is 25.1 Å². The molecule has 1 N–H and O–H groups in total. The van der Waals surface area contributed by atoms with Gasteiger partial charge in [-0.25, -0.2) is 25.9 Å². The third kappa shape index (κ3) is 3.68. The summed E-state index contributed by atoms with van der Waals surface area (Å²) in [5.74, 6) is 0.385. The first-order valence-corrected chi connectivity index (χ1v) is 11.8. The summed E-state index contributed by atoms with van der Waals surface area (Å²) in [7, 11) is -7.57. The molecule has 2 aliphatic heterocycles. The van der Waals surface area contributed by atoms with Crippen molar-refractivity contribution in [2.75, 3.05) is 16.9 Å². The van der Waals surface area contributed by atoms with Gasteiger partial charge in [0.1, 0.15) is 0 Å². The zero-order chi connectivity index (χ0) is 20.8. The van der Waals surface area contributed by atoms with Crippen LogP contribution in [0.3, 0.4) is 0 Å². The number of sulfonamides is 2. The smallest absolute Gasteiger partial charge is 0.242 e. The van der Waals surface area contributed by atoms with E-state index in [1.807, 2.05) is 0 Å². The van der Waals surface area contributed by atoms with Gasteiger partial charge >= 0.3 is 0 Å². The number of benzene rings is 2. The number of nitrogens with one attached hydrogen (secondary N) is 1. The van der Waals surface area contributed by atoms with Gasteiger partial charge in [-0.05, 0) is 48.4 Å². The van der Waals surface area contributed by atoms with Crippen LogP contribution in [0.4, 0.5) is 5.69 Å². The van der Waals surface area contributed by atoms with Gasteiger partial charge in [-0.2, -0.15) is 0 Å². The lowest BCUT2D eigenvalue weighted by Crippen LogP contribution is -2.29. The van der Waals surface area contributed by atoms with Crippen molar-refractivity contribution >= 4 is 31.6 Å². The average molecular weight is 438 g/mol. The molecule has 2 aliphatic rings. The first-order valence-electron chi connectivity index (χ1n) is 8.72. The van der Waals surface area contributed by atoms with Crippen molar-refractivity contribution in [1.82, 2.24) is 4.72 Å². The fourth-order valence-electron chi connectivity index (χ4n) is 3.24.